The first-order valence-electron chi connectivity index (χ1n) is 5.47. The van der Waals surface area contributed by atoms with Gasteiger partial charge in [0.2, 0.25) is 0 Å². The van der Waals surface area contributed by atoms with Crippen LogP contribution in [-0.2, 0) is 0 Å². The molecule has 2 rings (SSSR count). The van der Waals surface area contributed by atoms with Crippen molar-refractivity contribution in [2.24, 2.45) is 0 Å². The van der Waals surface area contributed by atoms with Crippen molar-refractivity contribution in [3.63, 3.8) is 0 Å². The van der Waals surface area contributed by atoms with E-state index in [1.165, 1.54) is 37.7 Å². The van der Waals surface area contributed by atoms with E-state index in [2.05, 4.69) is 30.2 Å². The first kappa shape index (κ1) is 9.34. The molecule has 1 aliphatic carbocycles. The summed E-state index contributed by atoms with van der Waals surface area (Å²) in [5.41, 5.74) is 2.47. The molecule has 1 aromatic rings. The van der Waals surface area contributed by atoms with Crippen LogP contribution in [0.4, 0.5) is 0 Å². The van der Waals surface area contributed by atoms with E-state index in [0.29, 0.717) is 0 Å². The van der Waals surface area contributed by atoms with Crippen LogP contribution in [0.25, 0.3) is 0 Å². The Labute approximate surface area is 86.3 Å². The minimum atomic E-state index is 0.788. The first-order chi connectivity index (χ1) is 6.90. The second-order valence-corrected chi connectivity index (χ2v) is 4.10. The summed E-state index contributed by atoms with van der Waals surface area (Å²) in [6.45, 7) is 0. The third kappa shape index (κ3) is 1.99. The van der Waals surface area contributed by atoms with Gasteiger partial charge in [-0.15, -0.1) is 6.42 Å². The molecule has 0 saturated heterocycles. The van der Waals surface area contributed by atoms with E-state index < -0.39 is 0 Å². The smallest absolute Gasteiger partial charge is 0.0242 e. The van der Waals surface area contributed by atoms with E-state index in [4.69, 9.17) is 6.42 Å². The number of benzene rings is 1. The van der Waals surface area contributed by atoms with Crippen LogP contribution in [0.5, 0.6) is 0 Å². The molecule has 1 fully saturated rings. The van der Waals surface area contributed by atoms with Gasteiger partial charge in [0.25, 0.3) is 0 Å². The van der Waals surface area contributed by atoms with Gasteiger partial charge in [-0.3, -0.25) is 0 Å². The number of hydrogen-bond donors (Lipinski definition) is 0. The monoisotopic (exact) mass is 184 g/mol. The zero-order valence-electron chi connectivity index (χ0n) is 8.50. The molecule has 0 heterocycles. The summed E-state index contributed by atoms with van der Waals surface area (Å²) in [5, 5.41) is 0. The van der Waals surface area contributed by atoms with Crippen molar-refractivity contribution in [3.05, 3.63) is 35.4 Å². The summed E-state index contributed by atoms with van der Waals surface area (Å²) in [6.07, 6.45) is 12.2. The van der Waals surface area contributed by atoms with E-state index in [1.807, 2.05) is 0 Å². The second-order valence-electron chi connectivity index (χ2n) is 4.10. The van der Waals surface area contributed by atoms with Gasteiger partial charge < -0.3 is 0 Å². The van der Waals surface area contributed by atoms with Gasteiger partial charge in [0, 0.05) is 5.56 Å². The van der Waals surface area contributed by atoms with E-state index in [1.54, 1.807) is 0 Å². The molecule has 1 aromatic carbocycles. The molecule has 1 aliphatic rings. The third-order valence-corrected chi connectivity index (χ3v) is 3.15. The van der Waals surface area contributed by atoms with E-state index in [-0.39, 0.29) is 0 Å². The summed E-state index contributed by atoms with van der Waals surface area (Å²) in [6, 6.07) is 8.52. The molecule has 0 spiro atoms. The lowest BCUT2D eigenvalue weighted by Gasteiger charge is -2.21. The number of rotatable bonds is 1. The molecule has 14 heavy (non-hydrogen) atoms. The van der Waals surface area contributed by atoms with E-state index in [0.717, 1.165) is 11.5 Å². The third-order valence-electron chi connectivity index (χ3n) is 3.15. The average molecular weight is 184 g/mol. The van der Waals surface area contributed by atoms with Gasteiger partial charge in [0.05, 0.1) is 0 Å². The quantitative estimate of drug-likeness (QED) is 0.583. The molecular weight excluding hydrogens is 168 g/mol. The Morgan fingerprint density at radius 3 is 2.21 bits per heavy atom. The van der Waals surface area contributed by atoms with Crippen molar-refractivity contribution < 1.29 is 0 Å². The van der Waals surface area contributed by atoms with Crippen molar-refractivity contribution in [1.82, 2.24) is 0 Å². The molecule has 0 bridgehead atoms. The topological polar surface area (TPSA) is 0 Å². The van der Waals surface area contributed by atoms with E-state index >= 15 is 0 Å². The Kier molecular flexibility index (Phi) is 2.89. The lowest BCUT2D eigenvalue weighted by Crippen LogP contribution is -2.04. The molecule has 0 unspecified atom stereocenters. The molecule has 0 nitrogen and oxygen atoms in total. The first-order valence-corrected chi connectivity index (χ1v) is 5.47. The van der Waals surface area contributed by atoms with Crippen LogP contribution < -0.4 is 0 Å². The van der Waals surface area contributed by atoms with Crippen LogP contribution in [0.3, 0.4) is 0 Å². The zero-order valence-corrected chi connectivity index (χ0v) is 8.50. The molecule has 72 valence electrons. The lowest BCUT2D eigenvalue weighted by molar-refractivity contribution is 0.443. The SMILES string of the molecule is C#Cc1ccc(C2CCCCC2)cc1. The Morgan fingerprint density at radius 2 is 1.64 bits per heavy atom. The summed E-state index contributed by atoms with van der Waals surface area (Å²) < 4.78 is 0. The summed E-state index contributed by atoms with van der Waals surface area (Å²) in [4.78, 5) is 0. The van der Waals surface area contributed by atoms with Crippen LogP contribution in [0.2, 0.25) is 0 Å². The lowest BCUT2D eigenvalue weighted by atomic mass is 9.84. The number of terminal acetylenes is 1. The molecule has 0 aliphatic heterocycles. The molecule has 1 saturated carbocycles. The molecule has 0 aromatic heterocycles. The Balaban J connectivity index is 2.12. The Bertz CT molecular complexity index is 320. The molecular formula is C14H16. The van der Waals surface area contributed by atoms with Crippen molar-refractivity contribution in [2.45, 2.75) is 38.0 Å². The van der Waals surface area contributed by atoms with Crippen molar-refractivity contribution >= 4 is 0 Å². The van der Waals surface area contributed by atoms with Crippen molar-refractivity contribution in [3.8, 4) is 12.3 Å². The molecule has 0 heteroatoms. The fourth-order valence-electron chi connectivity index (χ4n) is 2.29. The summed E-state index contributed by atoms with van der Waals surface area (Å²) in [7, 11) is 0. The van der Waals surface area contributed by atoms with Gasteiger partial charge in [-0.1, -0.05) is 37.3 Å². The highest BCUT2D eigenvalue weighted by Crippen LogP contribution is 2.32. The normalized spacial score (nSPS) is 17.6. The van der Waals surface area contributed by atoms with Gasteiger partial charge in [-0.05, 0) is 36.5 Å². The minimum absolute atomic E-state index is 0.788. The predicted octanol–water partition coefficient (Wildman–Crippen LogP) is 3.72. The van der Waals surface area contributed by atoms with Crippen LogP contribution >= 0.6 is 0 Å². The van der Waals surface area contributed by atoms with Crippen molar-refractivity contribution in [1.29, 1.82) is 0 Å². The standard InChI is InChI=1S/C14H16/c1-2-12-8-10-14(11-9-12)13-6-4-3-5-7-13/h1,8-11,13H,3-7H2. The van der Waals surface area contributed by atoms with Gasteiger partial charge >= 0.3 is 0 Å². The summed E-state index contributed by atoms with van der Waals surface area (Å²) >= 11 is 0. The van der Waals surface area contributed by atoms with Gasteiger partial charge in [-0.2, -0.15) is 0 Å². The molecule has 0 atom stereocenters. The maximum atomic E-state index is 5.33. The van der Waals surface area contributed by atoms with Gasteiger partial charge in [0.15, 0.2) is 0 Å². The average Bonchev–Trinajstić information content (AvgIpc) is 2.30. The Hall–Kier alpha value is -1.22. The van der Waals surface area contributed by atoms with Gasteiger partial charge in [0.1, 0.15) is 0 Å². The zero-order chi connectivity index (χ0) is 9.80. The van der Waals surface area contributed by atoms with Crippen LogP contribution in [0.1, 0.15) is 49.1 Å². The minimum Gasteiger partial charge on any atom is -0.115 e. The van der Waals surface area contributed by atoms with Gasteiger partial charge in [-0.25, -0.2) is 0 Å². The largest absolute Gasteiger partial charge is 0.115 e. The fraction of sp³-hybridized carbons (Fsp3) is 0.429. The Morgan fingerprint density at radius 1 is 1.00 bits per heavy atom. The van der Waals surface area contributed by atoms with Crippen LogP contribution in [0.15, 0.2) is 24.3 Å². The highest BCUT2D eigenvalue weighted by Gasteiger charge is 2.14. The molecule has 0 radical (unpaired) electrons. The fourth-order valence-corrected chi connectivity index (χ4v) is 2.29. The van der Waals surface area contributed by atoms with E-state index in [9.17, 15) is 0 Å². The summed E-state index contributed by atoms with van der Waals surface area (Å²) in [5.74, 6) is 3.44. The predicted molar refractivity (Wildman–Crippen MR) is 60.2 cm³/mol. The molecule has 0 amide bonds. The highest BCUT2D eigenvalue weighted by atomic mass is 14.2. The highest BCUT2D eigenvalue weighted by molar-refractivity contribution is 5.35. The number of hydrogen-bond acceptors (Lipinski definition) is 0. The van der Waals surface area contributed by atoms with Crippen LogP contribution in [-0.4, -0.2) is 0 Å². The second kappa shape index (κ2) is 4.33. The molecule has 0 N–H and O–H groups in total. The van der Waals surface area contributed by atoms with Crippen LogP contribution in [0, 0.1) is 12.3 Å². The maximum absolute atomic E-state index is 5.33. The maximum Gasteiger partial charge on any atom is 0.0242 e. The van der Waals surface area contributed by atoms with Crippen molar-refractivity contribution in [2.75, 3.05) is 0 Å².